The van der Waals surface area contributed by atoms with Gasteiger partial charge in [0.05, 0.1) is 6.42 Å². The molecule has 1 aromatic carbocycles. The zero-order valence-corrected chi connectivity index (χ0v) is 15.6. The van der Waals surface area contributed by atoms with Gasteiger partial charge in [-0.2, -0.15) is 0 Å². The SMILES string of the molecule is CN1C(=O)[C@@H](NC(=O)c2nnc(Cc3ccccc3)o2)C2=C[C@H]2c2cccnc21. The van der Waals surface area contributed by atoms with Crippen molar-refractivity contribution < 1.29 is 14.0 Å². The first-order valence-electron chi connectivity index (χ1n) is 9.23. The van der Waals surface area contributed by atoms with E-state index < -0.39 is 11.9 Å². The molecule has 0 spiro atoms. The number of rotatable bonds is 4. The number of anilines is 1. The zero-order chi connectivity index (χ0) is 20.0. The van der Waals surface area contributed by atoms with Crippen molar-refractivity contribution in [2.45, 2.75) is 18.4 Å². The van der Waals surface area contributed by atoms with E-state index in [1.807, 2.05) is 48.5 Å². The number of allylic oxidation sites excluding steroid dienone is 1. The molecule has 29 heavy (non-hydrogen) atoms. The smallest absolute Gasteiger partial charge is 0.309 e. The van der Waals surface area contributed by atoms with Crippen LogP contribution in [0.2, 0.25) is 0 Å². The topological polar surface area (TPSA) is 101 Å². The molecular formula is C21H17N5O3. The van der Waals surface area contributed by atoms with Crippen molar-refractivity contribution in [3.05, 3.63) is 83.2 Å². The van der Waals surface area contributed by atoms with Gasteiger partial charge >= 0.3 is 11.8 Å². The second-order valence-corrected chi connectivity index (χ2v) is 7.03. The zero-order valence-electron chi connectivity index (χ0n) is 15.6. The molecule has 0 bridgehead atoms. The first kappa shape index (κ1) is 17.3. The van der Waals surface area contributed by atoms with E-state index >= 15 is 0 Å². The third-order valence-corrected chi connectivity index (χ3v) is 5.12. The minimum Gasteiger partial charge on any atom is -0.417 e. The lowest BCUT2D eigenvalue weighted by Crippen LogP contribution is -2.47. The Kier molecular flexibility index (Phi) is 3.97. The van der Waals surface area contributed by atoms with Crippen LogP contribution in [0.3, 0.4) is 0 Å². The average Bonchev–Trinajstić information content (AvgIpc) is 3.41. The molecule has 0 unspecified atom stereocenters. The van der Waals surface area contributed by atoms with Crippen LogP contribution < -0.4 is 10.2 Å². The Morgan fingerprint density at radius 2 is 2.00 bits per heavy atom. The molecule has 0 radical (unpaired) electrons. The van der Waals surface area contributed by atoms with Gasteiger partial charge in [0.2, 0.25) is 5.89 Å². The van der Waals surface area contributed by atoms with E-state index in [1.165, 1.54) is 4.90 Å². The summed E-state index contributed by atoms with van der Waals surface area (Å²) in [5.74, 6) is -0.0416. The summed E-state index contributed by atoms with van der Waals surface area (Å²) >= 11 is 0. The lowest BCUT2D eigenvalue weighted by atomic mass is 10.1. The molecule has 0 saturated carbocycles. The molecular weight excluding hydrogens is 370 g/mol. The van der Waals surface area contributed by atoms with Gasteiger partial charge in [-0.1, -0.05) is 42.5 Å². The first-order chi connectivity index (χ1) is 14.1. The fourth-order valence-corrected chi connectivity index (χ4v) is 3.59. The van der Waals surface area contributed by atoms with Crippen LogP contribution in [-0.2, 0) is 11.2 Å². The summed E-state index contributed by atoms with van der Waals surface area (Å²) in [6.45, 7) is 0. The van der Waals surface area contributed by atoms with Crippen molar-refractivity contribution in [2.75, 3.05) is 11.9 Å². The average molecular weight is 387 g/mol. The molecule has 1 aliphatic carbocycles. The maximum absolute atomic E-state index is 12.9. The number of nitrogens with zero attached hydrogens (tertiary/aromatic N) is 4. The number of hydrogen-bond donors (Lipinski definition) is 1. The lowest BCUT2D eigenvalue weighted by Gasteiger charge is -2.20. The summed E-state index contributed by atoms with van der Waals surface area (Å²) in [4.78, 5) is 31.4. The van der Waals surface area contributed by atoms with E-state index in [0.717, 1.165) is 16.7 Å². The number of pyridine rings is 1. The molecule has 2 atom stereocenters. The van der Waals surface area contributed by atoms with Crippen molar-refractivity contribution in [3.8, 4) is 0 Å². The minimum atomic E-state index is -0.781. The fraction of sp³-hybridized carbons (Fsp3) is 0.190. The van der Waals surface area contributed by atoms with Gasteiger partial charge in [0.25, 0.3) is 5.91 Å². The Balaban J connectivity index is 1.33. The van der Waals surface area contributed by atoms with Crippen LogP contribution in [0, 0.1) is 0 Å². The predicted octanol–water partition coefficient (Wildman–Crippen LogP) is 1.85. The van der Waals surface area contributed by atoms with Gasteiger partial charge in [-0.3, -0.25) is 14.5 Å². The molecule has 1 aliphatic heterocycles. The highest BCUT2D eigenvalue weighted by Gasteiger charge is 2.44. The maximum Gasteiger partial charge on any atom is 0.309 e. The molecule has 1 N–H and O–H groups in total. The molecule has 0 fully saturated rings. The molecule has 8 nitrogen and oxygen atoms in total. The number of fused-ring (bicyclic) bond motifs is 3. The third kappa shape index (κ3) is 3.08. The second kappa shape index (κ2) is 6.66. The second-order valence-electron chi connectivity index (χ2n) is 7.03. The Morgan fingerprint density at radius 1 is 1.17 bits per heavy atom. The van der Waals surface area contributed by atoms with Crippen molar-refractivity contribution in [1.82, 2.24) is 20.5 Å². The number of benzene rings is 1. The number of amides is 2. The third-order valence-electron chi connectivity index (χ3n) is 5.12. The molecule has 2 aromatic heterocycles. The summed E-state index contributed by atoms with van der Waals surface area (Å²) in [6.07, 6.45) is 4.04. The summed E-state index contributed by atoms with van der Waals surface area (Å²) in [5, 5.41) is 10.5. The van der Waals surface area contributed by atoms with Crippen LogP contribution in [0.1, 0.15) is 33.6 Å². The molecule has 5 rings (SSSR count). The van der Waals surface area contributed by atoms with E-state index in [-0.39, 0.29) is 17.7 Å². The highest BCUT2D eigenvalue weighted by Crippen LogP contribution is 2.47. The van der Waals surface area contributed by atoms with Gasteiger partial charge in [-0.05, 0) is 17.2 Å². The maximum atomic E-state index is 12.9. The monoisotopic (exact) mass is 387 g/mol. The molecule has 144 valence electrons. The van der Waals surface area contributed by atoms with Crippen LogP contribution in [-0.4, -0.2) is 40.1 Å². The number of nitrogens with one attached hydrogen (secondary N) is 1. The van der Waals surface area contributed by atoms with Crippen LogP contribution in [0.4, 0.5) is 5.82 Å². The van der Waals surface area contributed by atoms with Crippen LogP contribution in [0.25, 0.3) is 0 Å². The lowest BCUT2D eigenvalue weighted by molar-refractivity contribution is -0.119. The highest BCUT2D eigenvalue weighted by atomic mass is 16.4. The van der Waals surface area contributed by atoms with Crippen molar-refractivity contribution in [1.29, 1.82) is 0 Å². The number of hydrogen-bond acceptors (Lipinski definition) is 6. The standard InChI is InChI=1S/C21H17N5O3/c1-26-18-13(8-5-9-22-18)14-11-15(14)17(21(26)28)23-19(27)20-25-24-16(29-20)10-12-6-3-2-4-7-12/h2-9,11,14,17H,10H2,1H3,(H,23,27)/t14-,17-/m0/s1. The van der Waals surface area contributed by atoms with Gasteiger partial charge in [0.15, 0.2) is 0 Å². The summed E-state index contributed by atoms with van der Waals surface area (Å²) in [7, 11) is 1.66. The molecule has 2 aliphatic rings. The Hall–Kier alpha value is -3.81. The van der Waals surface area contributed by atoms with Crippen LogP contribution in [0.5, 0.6) is 0 Å². The number of aromatic nitrogens is 3. The fourth-order valence-electron chi connectivity index (χ4n) is 3.59. The Bertz CT molecular complexity index is 1140. The van der Waals surface area contributed by atoms with Gasteiger partial charge in [-0.15, -0.1) is 10.2 Å². The van der Waals surface area contributed by atoms with Crippen molar-refractivity contribution >= 4 is 17.6 Å². The van der Waals surface area contributed by atoms with Crippen molar-refractivity contribution in [3.63, 3.8) is 0 Å². The van der Waals surface area contributed by atoms with E-state index in [1.54, 1.807) is 13.2 Å². The van der Waals surface area contributed by atoms with Crippen LogP contribution in [0.15, 0.2) is 64.7 Å². The van der Waals surface area contributed by atoms with Gasteiger partial charge in [0.1, 0.15) is 11.9 Å². The van der Waals surface area contributed by atoms with Crippen molar-refractivity contribution in [2.24, 2.45) is 0 Å². The van der Waals surface area contributed by atoms with E-state index in [9.17, 15) is 9.59 Å². The summed E-state index contributed by atoms with van der Waals surface area (Å²) < 4.78 is 5.50. The Labute approximate surface area is 166 Å². The van der Waals surface area contributed by atoms with Gasteiger partial charge < -0.3 is 9.73 Å². The van der Waals surface area contributed by atoms with Crippen LogP contribution >= 0.6 is 0 Å². The molecule has 0 saturated heterocycles. The molecule has 8 heteroatoms. The normalized spacial score (nSPS) is 19.7. The quantitative estimate of drug-likeness (QED) is 0.686. The van der Waals surface area contributed by atoms with E-state index in [2.05, 4.69) is 20.5 Å². The summed E-state index contributed by atoms with van der Waals surface area (Å²) in [5.41, 5.74) is 2.81. The Morgan fingerprint density at radius 3 is 2.83 bits per heavy atom. The summed E-state index contributed by atoms with van der Waals surface area (Å²) in [6, 6.07) is 12.6. The van der Waals surface area contributed by atoms with E-state index in [0.29, 0.717) is 18.1 Å². The number of likely N-dealkylation sites (N-methyl/N-ethyl adjacent to an activating group) is 1. The predicted molar refractivity (Wildman–Crippen MR) is 103 cm³/mol. The van der Waals surface area contributed by atoms with Gasteiger partial charge in [0, 0.05) is 24.7 Å². The minimum absolute atomic E-state index is 0.00854. The molecule has 3 heterocycles. The molecule has 2 amide bonds. The molecule has 3 aromatic rings. The van der Waals surface area contributed by atoms with Gasteiger partial charge in [-0.25, -0.2) is 4.98 Å². The first-order valence-corrected chi connectivity index (χ1v) is 9.23. The van der Waals surface area contributed by atoms with E-state index in [4.69, 9.17) is 4.42 Å². The number of carbonyl (C=O) groups excluding carboxylic acids is 2. The number of carbonyl (C=O) groups is 2. The highest BCUT2D eigenvalue weighted by molar-refractivity contribution is 6.05. The largest absolute Gasteiger partial charge is 0.417 e.